The number of hydrogen-bond acceptors (Lipinski definition) is 4. The minimum atomic E-state index is -0.185. The third kappa shape index (κ3) is 2.11. The van der Waals surface area contributed by atoms with Crippen molar-refractivity contribution in [2.45, 2.75) is 26.7 Å². The van der Waals surface area contributed by atoms with Gasteiger partial charge in [-0.3, -0.25) is 10.1 Å². The monoisotopic (exact) mass is 233 g/mol. The van der Waals surface area contributed by atoms with Gasteiger partial charge in [-0.1, -0.05) is 13.8 Å². The van der Waals surface area contributed by atoms with Crippen LogP contribution in [0.15, 0.2) is 6.20 Å². The summed E-state index contributed by atoms with van der Waals surface area (Å²) in [4.78, 5) is 23.7. The van der Waals surface area contributed by atoms with Crippen LogP contribution in [0.5, 0.6) is 0 Å². The Balaban J connectivity index is 2.53. The fraction of sp³-hybridized carbons (Fsp3) is 0.455. The normalized spacial score (nSPS) is 11.1. The molecule has 2 aromatic heterocycles. The molecule has 2 rings (SSSR count). The summed E-state index contributed by atoms with van der Waals surface area (Å²) in [5.41, 5.74) is 1.47. The second-order valence-corrected chi connectivity index (χ2v) is 4.27. The first kappa shape index (κ1) is 11.5. The van der Waals surface area contributed by atoms with Crippen molar-refractivity contribution < 1.29 is 4.79 Å². The van der Waals surface area contributed by atoms with Gasteiger partial charge in [0.05, 0.1) is 6.20 Å². The van der Waals surface area contributed by atoms with E-state index in [9.17, 15) is 4.79 Å². The predicted octanol–water partition coefficient (Wildman–Crippen LogP) is 1.45. The highest BCUT2D eigenvalue weighted by Crippen LogP contribution is 2.19. The van der Waals surface area contributed by atoms with Crippen molar-refractivity contribution in [1.29, 1.82) is 0 Å². The van der Waals surface area contributed by atoms with Crippen LogP contribution in [0.25, 0.3) is 11.2 Å². The minimum Gasteiger partial charge on any atom is -0.315 e. The summed E-state index contributed by atoms with van der Waals surface area (Å²) >= 11 is 0. The zero-order chi connectivity index (χ0) is 12.6. The number of carbonyl (C=O) groups is 1. The Morgan fingerprint density at radius 2 is 2.12 bits per heavy atom. The number of aromatic nitrogens is 4. The summed E-state index contributed by atoms with van der Waals surface area (Å²) in [5, 5.41) is 2.56. The SMILES string of the molecule is CC(=O)Nc1ncc2nc(C(C)C)n(C)c2n1. The van der Waals surface area contributed by atoms with Crippen molar-refractivity contribution in [3.05, 3.63) is 12.0 Å². The maximum Gasteiger partial charge on any atom is 0.231 e. The first-order valence-electron chi connectivity index (χ1n) is 5.46. The number of rotatable bonds is 2. The first-order chi connectivity index (χ1) is 7.99. The second-order valence-electron chi connectivity index (χ2n) is 4.27. The Morgan fingerprint density at radius 1 is 1.41 bits per heavy atom. The molecule has 6 heteroatoms. The lowest BCUT2D eigenvalue weighted by molar-refractivity contribution is -0.114. The molecule has 6 nitrogen and oxygen atoms in total. The Kier molecular flexibility index (Phi) is 2.79. The average Bonchev–Trinajstić information content (AvgIpc) is 2.56. The summed E-state index contributed by atoms with van der Waals surface area (Å²) in [6.07, 6.45) is 1.62. The number of nitrogens with zero attached hydrogens (tertiary/aromatic N) is 4. The number of aryl methyl sites for hydroxylation is 1. The van der Waals surface area contributed by atoms with Gasteiger partial charge in [0.1, 0.15) is 11.3 Å². The molecule has 90 valence electrons. The van der Waals surface area contributed by atoms with Crippen LogP contribution in [-0.2, 0) is 11.8 Å². The molecule has 0 saturated carbocycles. The van der Waals surface area contributed by atoms with Crippen LogP contribution in [-0.4, -0.2) is 25.4 Å². The van der Waals surface area contributed by atoms with E-state index in [0.717, 1.165) is 17.0 Å². The van der Waals surface area contributed by atoms with Crippen molar-refractivity contribution in [3.63, 3.8) is 0 Å². The van der Waals surface area contributed by atoms with E-state index >= 15 is 0 Å². The second kappa shape index (κ2) is 4.12. The molecule has 0 atom stereocenters. The van der Waals surface area contributed by atoms with E-state index in [2.05, 4.69) is 34.1 Å². The van der Waals surface area contributed by atoms with Crippen LogP contribution in [0.4, 0.5) is 5.95 Å². The highest BCUT2D eigenvalue weighted by Gasteiger charge is 2.13. The van der Waals surface area contributed by atoms with Gasteiger partial charge in [-0.15, -0.1) is 0 Å². The molecule has 0 radical (unpaired) electrons. The van der Waals surface area contributed by atoms with Crippen LogP contribution >= 0.6 is 0 Å². The number of carbonyl (C=O) groups excluding carboxylic acids is 1. The van der Waals surface area contributed by atoms with Gasteiger partial charge in [-0.25, -0.2) is 9.97 Å². The van der Waals surface area contributed by atoms with E-state index in [1.54, 1.807) is 6.20 Å². The Hall–Kier alpha value is -1.98. The van der Waals surface area contributed by atoms with E-state index < -0.39 is 0 Å². The Morgan fingerprint density at radius 3 is 2.71 bits per heavy atom. The summed E-state index contributed by atoms with van der Waals surface area (Å²) in [7, 11) is 1.91. The van der Waals surface area contributed by atoms with Crippen molar-refractivity contribution in [3.8, 4) is 0 Å². The van der Waals surface area contributed by atoms with Gasteiger partial charge < -0.3 is 4.57 Å². The van der Waals surface area contributed by atoms with Gasteiger partial charge in [0.25, 0.3) is 0 Å². The number of nitrogens with one attached hydrogen (secondary N) is 1. The predicted molar refractivity (Wildman–Crippen MR) is 64.7 cm³/mol. The lowest BCUT2D eigenvalue weighted by Crippen LogP contribution is -2.09. The molecule has 0 spiro atoms. The molecular formula is C11H15N5O. The van der Waals surface area contributed by atoms with Crippen molar-refractivity contribution in [2.75, 3.05) is 5.32 Å². The Labute approximate surface area is 99.1 Å². The third-order valence-corrected chi connectivity index (χ3v) is 2.45. The number of hydrogen-bond donors (Lipinski definition) is 1. The molecule has 0 aliphatic carbocycles. The lowest BCUT2D eigenvalue weighted by Gasteiger charge is -2.04. The molecule has 2 heterocycles. The maximum atomic E-state index is 10.9. The van der Waals surface area contributed by atoms with Crippen LogP contribution in [0.3, 0.4) is 0 Å². The smallest absolute Gasteiger partial charge is 0.231 e. The molecule has 0 bridgehead atoms. The van der Waals surface area contributed by atoms with Crippen LogP contribution < -0.4 is 5.32 Å². The van der Waals surface area contributed by atoms with Gasteiger partial charge >= 0.3 is 0 Å². The van der Waals surface area contributed by atoms with Crippen molar-refractivity contribution >= 4 is 23.0 Å². The van der Waals surface area contributed by atoms with E-state index in [4.69, 9.17) is 0 Å². The molecule has 0 saturated heterocycles. The molecule has 17 heavy (non-hydrogen) atoms. The molecule has 1 N–H and O–H groups in total. The molecule has 0 aliphatic heterocycles. The number of imidazole rings is 1. The summed E-state index contributed by atoms with van der Waals surface area (Å²) < 4.78 is 1.92. The topological polar surface area (TPSA) is 72.7 Å². The Bertz CT molecular complexity index is 572. The highest BCUT2D eigenvalue weighted by atomic mass is 16.1. The lowest BCUT2D eigenvalue weighted by atomic mass is 10.2. The zero-order valence-corrected chi connectivity index (χ0v) is 10.4. The van der Waals surface area contributed by atoms with Gasteiger partial charge in [-0.05, 0) is 0 Å². The molecule has 0 aliphatic rings. The number of anilines is 1. The van der Waals surface area contributed by atoms with E-state index in [1.807, 2.05) is 11.6 Å². The van der Waals surface area contributed by atoms with Gasteiger partial charge in [0.15, 0.2) is 5.65 Å². The number of fused-ring (bicyclic) bond motifs is 1. The maximum absolute atomic E-state index is 10.9. The highest BCUT2D eigenvalue weighted by molar-refractivity contribution is 5.87. The van der Waals surface area contributed by atoms with Crippen LogP contribution in [0, 0.1) is 0 Å². The van der Waals surface area contributed by atoms with E-state index in [0.29, 0.717) is 11.9 Å². The van der Waals surface area contributed by atoms with Gasteiger partial charge in [0.2, 0.25) is 11.9 Å². The standard InChI is InChI=1S/C11H15N5O/c1-6(2)9-14-8-5-12-11(13-7(3)17)15-10(8)16(9)4/h5-6H,1-4H3,(H,12,13,15,17). The molecular weight excluding hydrogens is 218 g/mol. The first-order valence-corrected chi connectivity index (χ1v) is 5.46. The minimum absolute atomic E-state index is 0.185. The van der Waals surface area contributed by atoms with Crippen LogP contribution in [0.2, 0.25) is 0 Å². The molecule has 0 fully saturated rings. The van der Waals surface area contributed by atoms with Crippen molar-refractivity contribution in [2.24, 2.45) is 7.05 Å². The average molecular weight is 233 g/mol. The summed E-state index contributed by atoms with van der Waals surface area (Å²) in [6.45, 7) is 5.57. The van der Waals surface area contributed by atoms with Gasteiger partial charge in [0, 0.05) is 19.9 Å². The molecule has 0 aromatic carbocycles. The van der Waals surface area contributed by atoms with E-state index in [1.165, 1.54) is 6.92 Å². The van der Waals surface area contributed by atoms with Crippen LogP contribution in [0.1, 0.15) is 32.5 Å². The largest absolute Gasteiger partial charge is 0.315 e. The fourth-order valence-corrected chi connectivity index (χ4v) is 1.73. The molecule has 2 aromatic rings. The fourth-order valence-electron chi connectivity index (χ4n) is 1.73. The molecule has 0 unspecified atom stereocenters. The summed E-state index contributed by atoms with van der Waals surface area (Å²) in [6, 6.07) is 0. The van der Waals surface area contributed by atoms with E-state index in [-0.39, 0.29) is 5.91 Å². The van der Waals surface area contributed by atoms with Crippen molar-refractivity contribution in [1.82, 2.24) is 19.5 Å². The zero-order valence-electron chi connectivity index (χ0n) is 10.4. The number of amides is 1. The van der Waals surface area contributed by atoms with Gasteiger partial charge in [-0.2, -0.15) is 4.98 Å². The quantitative estimate of drug-likeness (QED) is 0.852. The molecule has 1 amide bonds. The summed E-state index contributed by atoms with van der Waals surface area (Å²) in [5.74, 6) is 1.39. The third-order valence-electron chi connectivity index (χ3n) is 2.45.